The van der Waals surface area contributed by atoms with Crippen LogP contribution in [0.25, 0.3) is 0 Å². The number of benzene rings is 1. The fourth-order valence-corrected chi connectivity index (χ4v) is 1.89. The molecule has 1 unspecified atom stereocenters. The van der Waals surface area contributed by atoms with E-state index in [-0.39, 0.29) is 5.69 Å². The highest BCUT2D eigenvalue weighted by atomic mass is 79.9. The summed E-state index contributed by atoms with van der Waals surface area (Å²) in [7, 11) is 0. The van der Waals surface area contributed by atoms with Gasteiger partial charge < -0.3 is 10.4 Å². The van der Waals surface area contributed by atoms with Gasteiger partial charge in [-0.15, -0.1) is 0 Å². The number of hydrogen-bond acceptors (Lipinski definition) is 4. The lowest BCUT2D eigenvalue weighted by molar-refractivity contribution is -0.384. The number of nitro benzene ring substituents is 1. The third kappa shape index (κ3) is 4.36. The molecule has 100 valence electrons. The molecule has 2 N–H and O–H groups in total. The Bertz CT molecular complexity index is 435. The fraction of sp³-hybridized carbons (Fsp3) is 0.500. The first-order chi connectivity index (χ1) is 8.35. The van der Waals surface area contributed by atoms with Crippen LogP contribution in [0.5, 0.6) is 0 Å². The van der Waals surface area contributed by atoms with Crippen LogP contribution in [-0.2, 0) is 6.54 Å². The van der Waals surface area contributed by atoms with Crippen molar-refractivity contribution in [2.45, 2.75) is 32.4 Å². The van der Waals surface area contributed by atoms with E-state index < -0.39 is 10.5 Å². The summed E-state index contributed by atoms with van der Waals surface area (Å²) in [4.78, 5) is 10.2. The van der Waals surface area contributed by atoms with Gasteiger partial charge in [0.15, 0.2) is 0 Å². The molecule has 0 saturated heterocycles. The molecule has 1 rings (SSSR count). The third-order valence-corrected chi connectivity index (χ3v) is 3.57. The van der Waals surface area contributed by atoms with E-state index in [2.05, 4.69) is 21.2 Å². The first kappa shape index (κ1) is 15.1. The zero-order valence-electron chi connectivity index (χ0n) is 10.4. The number of hydrogen-bond donors (Lipinski definition) is 2. The molecule has 6 heteroatoms. The van der Waals surface area contributed by atoms with E-state index in [1.165, 1.54) is 12.1 Å². The Morgan fingerprint density at radius 3 is 2.72 bits per heavy atom. The second-order valence-corrected chi connectivity index (χ2v) is 5.34. The van der Waals surface area contributed by atoms with Crippen LogP contribution in [0.4, 0.5) is 5.69 Å². The SMILES string of the molecule is CCC(C)(O)CNCc1ccc([N+](=O)[O-])cc1Br. The number of nitrogens with one attached hydrogen (secondary N) is 1. The summed E-state index contributed by atoms with van der Waals surface area (Å²) in [5.41, 5.74) is 0.256. The average Bonchev–Trinajstić information content (AvgIpc) is 2.31. The standard InChI is InChI=1S/C12H17BrN2O3/c1-3-12(2,16)8-14-7-9-4-5-10(15(17)18)6-11(9)13/h4-6,14,16H,3,7-8H2,1-2H3. The highest BCUT2D eigenvalue weighted by Crippen LogP contribution is 2.23. The van der Waals surface area contributed by atoms with Crippen LogP contribution in [0.1, 0.15) is 25.8 Å². The summed E-state index contributed by atoms with van der Waals surface area (Å²) >= 11 is 3.31. The summed E-state index contributed by atoms with van der Waals surface area (Å²) in [6, 6.07) is 4.66. The molecule has 0 aliphatic rings. The Kier molecular flexibility index (Phi) is 5.25. The first-order valence-corrected chi connectivity index (χ1v) is 6.51. The largest absolute Gasteiger partial charge is 0.389 e. The van der Waals surface area contributed by atoms with Crippen molar-refractivity contribution in [1.82, 2.24) is 5.32 Å². The molecule has 0 amide bonds. The summed E-state index contributed by atoms with van der Waals surface area (Å²) < 4.78 is 0.695. The smallest absolute Gasteiger partial charge is 0.270 e. The number of non-ortho nitro benzene ring substituents is 1. The Hall–Kier alpha value is -0.980. The van der Waals surface area contributed by atoms with Gasteiger partial charge in [-0.2, -0.15) is 0 Å². The van der Waals surface area contributed by atoms with Gasteiger partial charge in [-0.1, -0.05) is 22.9 Å². The number of halogens is 1. The molecular weight excluding hydrogens is 300 g/mol. The van der Waals surface area contributed by atoms with Gasteiger partial charge in [-0.05, 0) is 25.0 Å². The fourth-order valence-electron chi connectivity index (χ4n) is 1.38. The predicted molar refractivity (Wildman–Crippen MR) is 73.4 cm³/mol. The van der Waals surface area contributed by atoms with E-state index in [9.17, 15) is 15.2 Å². The quantitative estimate of drug-likeness (QED) is 0.625. The lowest BCUT2D eigenvalue weighted by Gasteiger charge is -2.21. The predicted octanol–water partition coefficient (Wildman–Crippen LogP) is 2.61. The van der Waals surface area contributed by atoms with Crippen LogP contribution in [0, 0.1) is 10.1 Å². The molecule has 0 saturated carbocycles. The third-order valence-electron chi connectivity index (χ3n) is 2.83. The van der Waals surface area contributed by atoms with E-state index in [1.807, 2.05) is 6.92 Å². The highest BCUT2D eigenvalue weighted by Gasteiger charge is 2.16. The summed E-state index contributed by atoms with van der Waals surface area (Å²) in [6.45, 7) is 4.72. The van der Waals surface area contributed by atoms with Crippen LogP contribution < -0.4 is 5.32 Å². The lowest BCUT2D eigenvalue weighted by atomic mass is 10.0. The molecule has 0 aromatic heterocycles. The van der Waals surface area contributed by atoms with Gasteiger partial charge in [0, 0.05) is 29.7 Å². The lowest BCUT2D eigenvalue weighted by Crippen LogP contribution is -2.36. The van der Waals surface area contributed by atoms with Crippen molar-refractivity contribution in [2.75, 3.05) is 6.54 Å². The van der Waals surface area contributed by atoms with Crippen LogP contribution in [0.3, 0.4) is 0 Å². The van der Waals surface area contributed by atoms with Gasteiger partial charge >= 0.3 is 0 Å². The van der Waals surface area contributed by atoms with Gasteiger partial charge in [0.1, 0.15) is 0 Å². The van der Waals surface area contributed by atoms with E-state index in [1.54, 1.807) is 13.0 Å². The van der Waals surface area contributed by atoms with Gasteiger partial charge in [0.25, 0.3) is 5.69 Å². The van der Waals surface area contributed by atoms with Gasteiger partial charge in [0.05, 0.1) is 10.5 Å². The maximum atomic E-state index is 10.6. The minimum atomic E-state index is -0.729. The van der Waals surface area contributed by atoms with Crippen molar-refractivity contribution in [3.05, 3.63) is 38.3 Å². The zero-order valence-corrected chi connectivity index (χ0v) is 12.0. The van der Waals surface area contributed by atoms with Crippen molar-refractivity contribution in [3.63, 3.8) is 0 Å². The molecule has 5 nitrogen and oxygen atoms in total. The highest BCUT2D eigenvalue weighted by molar-refractivity contribution is 9.10. The normalized spacial score (nSPS) is 14.2. The first-order valence-electron chi connectivity index (χ1n) is 5.71. The molecule has 0 bridgehead atoms. The molecule has 0 heterocycles. The molecule has 0 fully saturated rings. The van der Waals surface area contributed by atoms with Crippen molar-refractivity contribution < 1.29 is 10.0 Å². The molecule has 0 aliphatic carbocycles. The van der Waals surface area contributed by atoms with E-state index in [0.29, 0.717) is 24.0 Å². The molecule has 0 aliphatic heterocycles. The Morgan fingerprint density at radius 2 is 2.22 bits per heavy atom. The number of aliphatic hydroxyl groups is 1. The molecule has 18 heavy (non-hydrogen) atoms. The molecule has 0 radical (unpaired) electrons. The van der Waals surface area contributed by atoms with Gasteiger partial charge in [-0.25, -0.2) is 0 Å². The second-order valence-electron chi connectivity index (χ2n) is 4.49. The van der Waals surface area contributed by atoms with Crippen molar-refractivity contribution in [3.8, 4) is 0 Å². The number of nitro groups is 1. The van der Waals surface area contributed by atoms with Crippen LogP contribution in [-0.4, -0.2) is 22.2 Å². The van der Waals surface area contributed by atoms with Gasteiger partial charge in [-0.3, -0.25) is 10.1 Å². The van der Waals surface area contributed by atoms with E-state index >= 15 is 0 Å². The molecule has 1 aromatic carbocycles. The average molecular weight is 317 g/mol. The molecule has 0 spiro atoms. The Labute approximate surface area is 114 Å². The van der Waals surface area contributed by atoms with Crippen molar-refractivity contribution in [1.29, 1.82) is 0 Å². The second kappa shape index (κ2) is 6.26. The molecule has 1 aromatic rings. The van der Waals surface area contributed by atoms with Crippen LogP contribution in [0.15, 0.2) is 22.7 Å². The van der Waals surface area contributed by atoms with Crippen molar-refractivity contribution in [2.24, 2.45) is 0 Å². The monoisotopic (exact) mass is 316 g/mol. The molecule has 1 atom stereocenters. The number of nitrogens with zero attached hydrogens (tertiary/aromatic N) is 1. The maximum Gasteiger partial charge on any atom is 0.270 e. The Balaban J connectivity index is 2.61. The summed E-state index contributed by atoms with van der Waals surface area (Å²) in [5, 5.41) is 23.5. The van der Waals surface area contributed by atoms with Crippen LogP contribution in [0.2, 0.25) is 0 Å². The van der Waals surface area contributed by atoms with Crippen LogP contribution >= 0.6 is 15.9 Å². The summed E-state index contributed by atoms with van der Waals surface area (Å²) in [6.07, 6.45) is 0.668. The topological polar surface area (TPSA) is 75.4 Å². The minimum absolute atomic E-state index is 0.0613. The van der Waals surface area contributed by atoms with E-state index in [4.69, 9.17) is 0 Å². The number of rotatable bonds is 6. The zero-order chi connectivity index (χ0) is 13.8. The minimum Gasteiger partial charge on any atom is -0.389 e. The maximum absolute atomic E-state index is 10.6. The molecular formula is C12H17BrN2O3. The van der Waals surface area contributed by atoms with Crippen molar-refractivity contribution >= 4 is 21.6 Å². The Morgan fingerprint density at radius 1 is 1.56 bits per heavy atom. The van der Waals surface area contributed by atoms with Gasteiger partial charge in [0.2, 0.25) is 0 Å². The van der Waals surface area contributed by atoms with E-state index in [0.717, 1.165) is 5.56 Å². The summed E-state index contributed by atoms with van der Waals surface area (Å²) in [5.74, 6) is 0.